The fourth-order valence-electron chi connectivity index (χ4n) is 2.66. The second-order valence-corrected chi connectivity index (χ2v) is 5.63. The van der Waals surface area contributed by atoms with Crippen LogP contribution < -0.4 is 15.4 Å². The lowest BCUT2D eigenvalue weighted by atomic mass is 10.1. The first-order valence-electron chi connectivity index (χ1n) is 8.08. The fourth-order valence-corrected chi connectivity index (χ4v) is 2.66. The van der Waals surface area contributed by atoms with Crippen molar-refractivity contribution in [1.29, 1.82) is 0 Å². The van der Waals surface area contributed by atoms with Crippen molar-refractivity contribution in [2.24, 2.45) is 0 Å². The average Bonchev–Trinajstić information content (AvgIpc) is 3.03. The van der Waals surface area contributed by atoms with Gasteiger partial charge >= 0.3 is 0 Å². The highest BCUT2D eigenvalue weighted by Gasteiger charge is 2.21. The van der Waals surface area contributed by atoms with Crippen LogP contribution in [0.3, 0.4) is 0 Å². The maximum atomic E-state index is 12.5. The Morgan fingerprint density at radius 1 is 1.36 bits per heavy atom. The molecular weight excluding hydrogens is 344 g/mol. The van der Waals surface area contributed by atoms with Gasteiger partial charge in [0.05, 0.1) is 6.61 Å². The highest BCUT2D eigenvalue weighted by molar-refractivity contribution is 6.04. The van der Waals surface area contributed by atoms with E-state index in [0.29, 0.717) is 31.1 Å². The van der Waals surface area contributed by atoms with Crippen LogP contribution in [0.4, 0.5) is 5.69 Å². The van der Waals surface area contributed by atoms with E-state index in [1.54, 1.807) is 7.11 Å². The number of methoxy groups -OCH3 is 1. The van der Waals surface area contributed by atoms with E-state index in [9.17, 15) is 4.79 Å². The molecule has 0 fully saturated rings. The molecule has 7 nitrogen and oxygen atoms in total. The van der Waals surface area contributed by atoms with Gasteiger partial charge in [-0.3, -0.25) is 9.89 Å². The van der Waals surface area contributed by atoms with Gasteiger partial charge in [0.2, 0.25) is 0 Å². The molecule has 1 aliphatic heterocycles. The van der Waals surface area contributed by atoms with Crippen molar-refractivity contribution in [2.45, 2.75) is 19.4 Å². The molecule has 2 heterocycles. The Morgan fingerprint density at radius 2 is 2.24 bits per heavy atom. The number of hydrogen-bond donors (Lipinski definition) is 3. The number of nitrogens with zero attached hydrogens (tertiary/aromatic N) is 1. The molecular formula is C17H23ClN4O3. The molecule has 2 aromatic rings. The Kier molecular flexibility index (Phi) is 7.24. The topological polar surface area (TPSA) is 88.3 Å². The zero-order chi connectivity index (χ0) is 16.8. The number of H-pyrrole nitrogens is 1. The first-order valence-corrected chi connectivity index (χ1v) is 8.08. The van der Waals surface area contributed by atoms with Crippen LogP contribution in [0.1, 0.15) is 28.2 Å². The minimum absolute atomic E-state index is 0. The van der Waals surface area contributed by atoms with Crippen molar-refractivity contribution in [3.63, 3.8) is 0 Å². The van der Waals surface area contributed by atoms with Gasteiger partial charge in [-0.25, -0.2) is 0 Å². The predicted molar refractivity (Wildman–Crippen MR) is 97.6 cm³/mol. The summed E-state index contributed by atoms with van der Waals surface area (Å²) in [5, 5.41) is 13.3. The molecule has 8 heteroatoms. The zero-order valence-electron chi connectivity index (χ0n) is 14.1. The number of amides is 1. The number of hydrogen-bond acceptors (Lipinski definition) is 5. The normalized spacial score (nSPS) is 12.8. The summed E-state index contributed by atoms with van der Waals surface area (Å²) in [4.78, 5) is 12.5. The number of aromatic amines is 1. The van der Waals surface area contributed by atoms with Crippen LogP contribution in [-0.4, -0.2) is 43.0 Å². The summed E-state index contributed by atoms with van der Waals surface area (Å²) < 4.78 is 10.6. The Morgan fingerprint density at radius 3 is 3.08 bits per heavy atom. The summed E-state index contributed by atoms with van der Waals surface area (Å²) in [5.41, 5.74) is 3.12. The number of ether oxygens (including phenoxy) is 2. The molecule has 25 heavy (non-hydrogen) atoms. The molecule has 0 radical (unpaired) electrons. The first kappa shape index (κ1) is 19.2. The lowest BCUT2D eigenvalue weighted by Crippen LogP contribution is -2.25. The maximum absolute atomic E-state index is 12.5. The van der Waals surface area contributed by atoms with E-state index in [-0.39, 0.29) is 18.3 Å². The zero-order valence-corrected chi connectivity index (χ0v) is 14.9. The SMILES string of the molecule is COCCCOc1cccc(NC(=O)c2n[nH]c3c2CNCC3)c1.Cl. The number of aromatic nitrogens is 2. The van der Waals surface area contributed by atoms with Gasteiger partial charge in [-0.15, -0.1) is 12.4 Å². The Balaban J connectivity index is 0.00000225. The Hall–Kier alpha value is -2.09. The van der Waals surface area contributed by atoms with Crippen molar-refractivity contribution in [3.8, 4) is 5.75 Å². The Labute approximate surface area is 152 Å². The standard InChI is InChI=1S/C17H22N4O3.ClH/c1-23-8-3-9-24-13-5-2-4-12(10-13)19-17(22)16-14-11-18-7-6-15(14)20-21-16;/h2,4-5,10,18H,3,6-9,11H2,1H3,(H,19,22)(H,20,21);1H. The Bertz CT molecular complexity index is 705. The van der Waals surface area contributed by atoms with Gasteiger partial charge < -0.3 is 20.1 Å². The summed E-state index contributed by atoms with van der Waals surface area (Å²) in [5.74, 6) is 0.502. The van der Waals surface area contributed by atoms with Crippen LogP contribution in [-0.2, 0) is 17.7 Å². The third-order valence-corrected chi connectivity index (χ3v) is 3.87. The first-order chi connectivity index (χ1) is 11.8. The molecule has 3 rings (SSSR count). The number of fused-ring (bicyclic) bond motifs is 1. The predicted octanol–water partition coefficient (Wildman–Crippen LogP) is 2.14. The van der Waals surface area contributed by atoms with Crippen molar-refractivity contribution in [3.05, 3.63) is 41.2 Å². The molecule has 0 spiro atoms. The molecule has 0 saturated carbocycles. The monoisotopic (exact) mass is 366 g/mol. The molecule has 1 aromatic heterocycles. The molecule has 0 aliphatic carbocycles. The van der Waals surface area contributed by atoms with E-state index in [0.717, 1.165) is 36.4 Å². The molecule has 0 bridgehead atoms. The largest absolute Gasteiger partial charge is 0.493 e. The summed E-state index contributed by atoms with van der Waals surface area (Å²) in [7, 11) is 1.67. The van der Waals surface area contributed by atoms with Crippen LogP contribution >= 0.6 is 12.4 Å². The summed E-state index contributed by atoms with van der Waals surface area (Å²) in [6, 6.07) is 7.35. The van der Waals surface area contributed by atoms with E-state index >= 15 is 0 Å². The smallest absolute Gasteiger partial charge is 0.276 e. The number of anilines is 1. The highest BCUT2D eigenvalue weighted by atomic mass is 35.5. The van der Waals surface area contributed by atoms with Gasteiger partial charge in [-0.1, -0.05) is 6.07 Å². The van der Waals surface area contributed by atoms with E-state index in [2.05, 4.69) is 20.8 Å². The van der Waals surface area contributed by atoms with Gasteiger partial charge in [-0.05, 0) is 12.1 Å². The third-order valence-electron chi connectivity index (χ3n) is 3.87. The lowest BCUT2D eigenvalue weighted by Gasteiger charge is -2.13. The van der Waals surface area contributed by atoms with Gasteiger partial charge in [0.25, 0.3) is 5.91 Å². The van der Waals surface area contributed by atoms with Crippen LogP contribution in [0.5, 0.6) is 5.75 Å². The molecule has 136 valence electrons. The van der Waals surface area contributed by atoms with E-state index in [4.69, 9.17) is 9.47 Å². The number of nitrogens with one attached hydrogen (secondary N) is 3. The molecule has 1 aliphatic rings. The summed E-state index contributed by atoms with van der Waals surface area (Å²) >= 11 is 0. The van der Waals surface area contributed by atoms with Crippen LogP contribution in [0.25, 0.3) is 0 Å². The minimum Gasteiger partial charge on any atom is -0.493 e. The number of carbonyl (C=O) groups excluding carboxylic acids is 1. The van der Waals surface area contributed by atoms with Gasteiger partial charge in [0.15, 0.2) is 5.69 Å². The van der Waals surface area contributed by atoms with E-state index in [1.807, 2.05) is 24.3 Å². The second kappa shape index (κ2) is 9.41. The van der Waals surface area contributed by atoms with Crippen molar-refractivity contribution in [1.82, 2.24) is 15.5 Å². The summed E-state index contributed by atoms with van der Waals surface area (Å²) in [6.45, 7) is 2.80. The second-order valence-electron chi connectivity index (χ2n) is 5.63. The quantitative estimate of drug-likeness (QED) is 0.653. The molecule has 0 saturated heterocycles. The number of rotatable bonds is 7. The number of carbonyl (C=O) groups is 1. The number of halogens is 1. The molecule has 1 aromatic carbocycles. The molecule has 0 unspecified atom stereocenters. The molecule has 1 amide bonds. The van der Waals surface area contributed by atoms with Crippen molar-refractivity contribution >= 4 is 24.0 Å². The van der Waals surface area contributed by atoms with Crippen molar-refractivity contribution in [2.75, 3.05) is 32.2 Å². The fraction of sp³-hybridized carbons (Fsp3) is 0.412. The van der Waals surface area contributed by atoms with Crippen LogP contribution in [0.2, 0.25) is 0 Å². The average molecular weight is 367 g/mol. The molecule has 0 atom stereocenters. The van der Waals surface area contributed by atoms with E-state index < -0.39 is 0 Å². The van der Waals surface area contributed by atoms with Gasteiger partial charge in [-0.2, -0.15) is 5.10 Å². The van der Waals surface area contributed by atoms with Gasteiger partial charge in [0.1, 0.15) is 5.75 Å². The van der Waals surface area contributed by atoms with Crippen LogP contribution in [0, 0.1) is 0 Å². The van der Waals surface area contributed by atoms with Crippen LogP contribution in [0.15, 0.2) is 24.3 Å². The lowest BCUT2D eigenvalue weighted by molar-refractivity contribution is 0.102. The third kappa shape index (κ3) is 4.94. The molecule has 3 N–H and O–H groups in total. The maximum Gasteiger partial charge on any atom is 0.276 e. The van der Waals surface area contributed by atoms with E-state index in [1.165, 1.54) is 0 Å². The highest BCUT2D eigenvalue weighted by Crippen LogP contribution is 2.20. The summed E-state index contributed by atoms with van der Waals surface area (Å²) in [6.07, 6.45) is 1.68. The van der Waals surface area contributed by atoms with Gasteiger partial charge in [0, 0.05) is 62.7 Å². The number of benzene rings is 1. The van der Waals surface area contributed by atoms with Crippen molar-refractivity contribution < 1.29 is 14.3 Å². The minimum atomic E-state index is -0.215.